The number of oxime groups is 1. The van der Waals surface area contributed by atoms with Crippen LogP contribution in [0.4, 0.5) is 35.1 Å². The first-order valence-electron chi connectivity index (χ1n) is 11.3. The molecule has 1 atom stereocenters. The third-order valence-corrected chi connectivity index (χ3v) is 7.60. The van der Waals surface area contributed by atoms with Crippen LogP contribution in [-0.4, -0.2) is 38.3 Å². The van der Waals surface area contributed by atoms with Gasteiger partial charge in [0.15, 0.2) is 5.71 Å². The van der Waals surface area contributed by atoms with Gasteiger partial charge in [-0.2, -0.15) is 34.8 Å². The molecule has 13 heteroatoms. The number of nitrogens with zero attached hydrogens (tertiary/aromatic N) is 1. The molecule has 0 aromatic heterocycles. The largest absolute Gasteiger partial charge is 0.383 e. The minimum atomic E-state index is -6.67. The molecule has 1 unspecified atom stereocenters. The van der Waals surface area contributed by atoms with Crippen LogP contribution in [0.3, 0.4) is 0 Å². The van der Waals surface area contributed by atoms with Crippen molar-refractivity contribution in [3.63, 3.8) is 0 Å². The molecule has 4 rings (SSSR count). The smallest absolute Gasteiger partial charge is 0.264 e. The second kappa shape index (κ2) is 9.92. The van der Waals surface area contributed by atoms with Crippen LogP contribution in [0.1, 0.15) is 23.1 Å². The number of rotatable bonds is 9. The van der Waals surface area contributed by atoms with Gasteiger partial charge in [0.05, 0.1) is 0 Å². The molecule has 0 N–H and O–H groups in total. The van der Waals surface area contributed by atoms with Crippen LogP contribution in [0.5, 0.6) is 0 Å². The van der Waals surface area contributed by atoms with Crippen molar-refractivity contribution in [1.82, 2.24) is 0 Å². The zero-order valence-corrected chi connectivity index (χ0v) is 20.5. The van der Waals surface area contributed by atoms with Crippen molar-refractivity contribution in [2.45, 2.75) is 41.9 Å². The van der Waals surface area contributed by atoms with Gasteiger partial charge in [-0.05, 0) is 58.7 Å². The molecule has 0 saturated heterocycles. The molecular weight excluding hydrogens is 558 g/mol. The molecule has 0 saturated carbocycles. The highest BCUT2D eigenvalue weighted by molar-refractivity contribution is 7.86. The molecule has 0 radical (unpaired) electrons. The highest BCUT2D eigenvalue weighted by atomic mass is 32.2. The van der Waals surface area contributed by atoms with Crippen molar-refractivity contribution >= 4 is 27.5 Å². The number of halogens is 8. The van der Waals surface area contributed by atoms with Crippen LogP contribution < -0.4 is 0 Å². The molecule has 0 amide bonds. The lowest BCUT2D eigenvalue weighted by Crippen LogP contribution is -2.61. The third kappa shape index (κ3) is 4.88. The fourth-order valence-corrected chi connectivity index (χ4v) is 5.12. The van der Waals surface area contributed by atoms with Gasteiger partial charge in [-0.15, -0.1) is 0 Å². The Morgan fingerprint density at radius 1 is 0.974 bits per heavy atom. The summed E-state index contributed by atoms with van der Waals surface area (Å²) in [7, 11) is -5.02. The number of fused-ring (bicyclic) bond motifs is 3. The Labute approximate surface area is 218 Å². The Bertz CT molecular complexity index is 1480. The minimum absolute atomic E-state index is 0.274. The quantitative estimate of drug-likeness (QED) is 0.181. The molecule has 0 aliphatic heterocycles. The van der Waals surface area contributed by atoms with Gasteiger partial charge in [0.2, 0.25) is 0 Å². The third-order valence-electron chi connectivity index (χ3n) is 6.48. The van der Waals surface area contributed by atoms with Gasteiger partial charge in [-0.3, -0.25) is 4.28 Å². The summed E-state index contributed by atoms with van der Waals surface area (Å²) in [6.07, 6.45) is -1.82. The summed E-state index contributed by atoms with van der Waals surface area (Å²) in [6, 6.07) is 11.4. The van der Waals surface area contributed by atoms with Gasteiger partial charge in [-0.25, -0.2) is 8.78 Å². The fourth-order valence-electron chi connectivity index (χ4n) is 4.40. The van der Waals surface area contributed by atoms with Crippen molar-refractivity contribution in [3.05, 3.63) is 89.5 Å². The van der Waals surface area contributed by atoms with Crippen LogP contribution in [0.15, 0.2) is 82.9 Å². The Kier molecular flexibility index (Phi) is 7.26. The molecule has 0 fully saturated rings. The lowest BCUT2D eigenvalue weighted by atomic mass is 9.83. The summed E-state index contributed by atoms with van der Waals surface area (Å²) in [5.74, 6) is -19.8. The first-order chi connectivity index (χ1) is 18.1. The lowest BCUT2D eigenvalue weighted by Gasteiger charge is -2.34. The van der Waals surface area contributed by atoms with E-state index in [-0.39, 0.29) is 6.42 Å². The number of alkyl halides is 8. The summed E-state index contributed by atoms with van der Waals surface area (Å²) in [4.78, 5) is -0.629. The van der Waals surface area contributed by atoms with Crippen LogP contribution >= 0.6 is 0 Å². The Morgan fingerprint density at radius 3 is 2.23 bits per heavy atom. The van der Waals surface area contributed by atoms with Gasteiger partial charge >= 0.3 is 34.3 Å². The summed E-state index contributed by atoms with van der Waals surface area (Å²) >= 11 is 0. The maximum Gasteiger partial charge on any atom is 0.383 e. The molecule has 2 aliphatic rings. The first kappa shape index (κ1) is 28.5. The van der Waals surface area contributed by atoms with Crippen molar-refractivity contribution in [2.24, 2.45) is 11.1 Å². The van der Waals surface area contributed by atoms with E-state index in [0.717, 1.165) is 29.3 Å². The van der Waals surface area contributed by atoms with Gasteiger partial charge in [-0.1, -0.05) is 66.4 Å². The number of benzene rings is 2. The second-order valence-corrected chi connectivity index (χ2v) is 10.4. The van der Waals surface area contributed by atoms with Crippen molar-refractivity contribution in [1.29, 1.82) is 0 Å². The van der Waals surface area contributed by atoms with Crippen LogP contribution in [0.25, 0.3) is 11.6 Å². The SMILES string of the molecule is C=Cc1ccc(S(=O)(=O)O/N=C(\C2=CC=C3c4ccccc4CC3C2)C(F)(F)C(F)(F)C(F)(F)C(F)F)cc1. The average molecular weight is 577 g/mol. The van der Waals surface area contributed by atoms with E-state index in [4.69, 9.17) is 0 Å². The van der Waals surface area contributed by atoms with Crippen molar-refractivity contribution < 1.29 is 47.8 Å². The van der Waals surface area contributed by atoms with Crippen LogP contribution in [0.2, 0.25) is 0 Å². The van der Waals surface area contributed by atoms with Crippen LogP contribution in [-0.2, 0) is 20.8 Å². The zero-order chi connectivity index (χ0) is 28.8. The molecule has 0 heterocycles. The predicted octanol–water partition coefficient (Wildman–Crippen LogP) is 7.15. The van der Waals surface area contributed by atoms with E-state index < -0.39 is 62.8 Å². The molecule has 39 heavy (non-hydrogen) atoms. The standard InChI is InChI=1S/C26H19F8NO3S/c1-2-15-7-10-19(11-8-15)39(36,37)38-35-22(24(29,30)26(33,34)25(31,32)23(27)28)17-9-12-21-18(14-17)13-16-5-3-4-6-20(16)21/h2-12,18,23H,1,13-14H2/b35-22+. The van der Waals surface area contributed by atoms with Crippen LogP contribution in [0, 0.1) is 5.92 Å². The molecule has 0 spiro atoms. The van der Waals surface area contributed by atoms with E-state index in [1.807, 2.05) is 0 Å². The average Bonchev–Trinajstić information content (AvgIpc) is 3.26. The van der Waals surface area contributed by atoms with E-state index in [1.165, 1.54) is 24.3 Å². The number of allylic oxidation sites excluding steroid dienone is 4. The highest BCUT2D eigenvalue weighted by Gasteiger charge is 2.77. The molecule has 2 aromatic rings. The Balaban J connectivity index is 1.79. The van der Waals surface area contributed by atoms with E-state index in [1.54, 1.807) is 24.3 Å². The first-order valence-corrected chi connectivity index (χ1v) is 12.7. The maximum absolute atomic E-state index is 15.1. The molecular formula is C26H19F8NO3S. The number of hydrogen-bond acceptors (Lipinski definition) is 4. The monoisotopic (exact) mass is 577 g/mol. The summed E-state index contributed by atoms with van der Waals surface area (Å²) in [5.41, 5.74) is -0.290. The van der Waals surface area contributed by atoms with Crippen molar-refractivity contribution in [3.8, 4) is 0 Å². The Morgan fingerprint density at radius 2 is 1.62 bits per heavy atom. The topological polar surface area (TPSA) is 55.7 Å². The lowest BCUT2D eigenvalue weighted by molar-refractivity contribution is -0.319. The molecule has 4 nitrogen and oxygen atoms in total. The summed E-state index contributed by atoms with van der Waals surface area (Å²) < 4.78 is 141. The maximum atomic E-state index is 15.1. The van der Waals surface area contributed by atoms with E-state index in [0.29, 0.717) is 11.1 Å². The second-order valence-electron chi connectivity index (χ2n) is 8.89. The number of hydrogen-bond donors (Lipinski definition) is 0. The van der Waals surface area contributed by atoms with E-state index in [9.17, 15) is 34.8 Å². The van der Waals surface area contributed by atoms with Gasteiger partial charge in [0, 0.05) is 0 Å². The summed E-state index contributed by atoms with van der Waals surface area (Å²) in [6.45, 7) is 3.47. The van der Waals surface area contributed by atoms with E-state index in [2.05, 4.69) is 16.0 Å². The summed E-state index contributed by atoms with van der Waals surface area (Å²) in [5, 5.41) is 2.71. The molecule has 2 aliphatic carbocycles. The predicted molar refractivity (Wildman–Crippen MR) is 127 cm³/mol. The van der Waals surface area contributed by atoms with Gasteiger partial charge < -0.3 is 0 Å². The van der Waals surface area contributed by atoms with Crippen molar-refractivity contribution in [2.75, 3.05) is 0 Å². The zero-order valence-electron chi connectivity index (χ0n) is 19.7. The molecule has 0 bridgehead atoms. The van der Waals surface area contributed by atoms with Gasteiger partial charge in [0.1, 0.15) is 4.90 Å². The fraction of sp³-hybridized carbons (Fsp3) is 0.269. The van der Waals surface area contributed by atoms with E-state index >= 15 is 8.78 Å². The minimum Gasteiger partial charge on any atom is -0.264 e. The molecule has 2 aromatic carbocycles. The highest BCUT2D eigenvalue weighted by Crippen LogP contribution is 2.51. The normalized spacial score (nSPS) is 18.3. The molecule has 208 valence electrons. The Hall–Kier alpha value is -3.48. The van der Waals surface area contributed by atoms with Gasteiger partial charge in [0.25, 0.3) is 0 Å².